The molecule has 0 bridgehead atoms. The van der Waals surface area contributed by atoms with E-state index in [4.69, 9.17) is 9.72 Å². The molecule has 2 aromatic carbocycles. The molecule has 4 nitrogen and oxygen atoms in total. The van der Waals surface area contributed by atoms with E-state index in [1.54, 1.807) is 13.3 Å². The van der Waals surface area contributed by atoms with E-state index in [1.807, 2.05) is 36.2 Å². The highest BCUT2D eigenvalue weighted by Gasteiger charge is 2.17. The fraction of sp³-hybridized carbons (Fsp3) is 0.308. The number of benzene rings is 2. The molecule has 0 N–H and O–H groups in total. The molecule has 1 aliphatic rings. The number of aromatic nitrogens is 3. The van der Waals surface area contributed by atoms with E-state index in [0.717, 1.165) is 34.2 Å². The minimum absolute atomic E-state index is 0.707. The second-order valence-corrected chi connectivity index (χ2v) is 9.26. The largest absolute Gasteiger partial charge is 0.497 e. The zero-order valence-corrected chi connectivity index (χ0v) is 18.6. The van der Waals surface area contributed by atoms with Gasteiger partial charge in [-0.3, -0.25) is 4.40 Å². The van der Waals surface area contributed by atoms with E-state index < -0.39 is 0 Å². The van der Waals surface area contributed by atoms with Crippen LogP contribution in [0.2, 0.25) is 0 Å². The van der Waals surface area contributed by atoms with Crippen LogP contribution in [0.3, 0.4) is 0 Å². The van der Waals surface area contributed by atoms with E-state index in [1.165, 1.54) is 42.8 Å². The van der Waals surface area contributed by atoms with Gasteiger partial charge in [-0.25, -0.2) is 9.97 Å². The fourth-order valence-electron chi connectivity index (χ4n) is 4.39. The van der Waals surface area contributed by atoms with Gasteiger partial charge in [0, 0.05) is 34.2 Å². The van der Waals surface area contributed by atoms with Gasteiger partial charge in [0.15, 0.2) is 0 Å². The maximum absolute atomic E-state index is 5.32. The molecule has 0 aliphatic heterocycles. The van der Waals surface area contributed by atoms with Crippen LogP contribution < -0.4 is 4.74 Å². The van der Waals surface area contributed by atoms with Crippen LogP contribution in [0, 0.1) is 5.92 Å². The van der Waals surface area contributed by atoms with Crippen molar-refractivity contribution in [3.05, 3.63) is 67.0 Å². The molecule has 0 amide bonds. The number of nitrogens with zero attached hydrogens (tertiary/aromatic N) is 3. The highest BCUT2D eigenvalue weighted by atomic mass is 32.2. The summed E-state index contributed by atoms with van der Waals surface area (Å²) in [4.78, 5) is 10.6. The van der Waals surface area contributed by atoms with Crippen LogP contribution in [0.15, 0.2) is 71.9 Å². The summed E-state index contributed by atoms with van der Waals surface area (Å²) in [5.74, 6) is 3.66. The summed E-state index contributed by atoms with van der Waals surface area (Å²) in [6.45, 7) is 0. The molecule has 1 saturated carbocycles. The molecule has 1 fully saturated rings. The van der Waals surface area contributed by atoms with Crippen molar-refractivity contribution in [1.29, 1.82) is 0 Å². The van der Waals surface area contributed by atoms with Gasteiger partial charge in [-0.2, -0.15) is 0 Å². The highest BCUT2D eigenvalue weighted by Crippen LogP contribution is 2.35. The van der Waals surface area contributed by atoms with Crippen LogP contribution >= 0.6 is 11.8 Å². The van der Waals surface area contributed by atoms with Gasteiger partial charge in [-0.15, -0.1) is 11.8 Å². The first-order valence-electron chi connectivity index (χ1n) is 11.0. The van der Waals surface area contributed by atoms with E-state index in [2.05, 4.69) is 45.8 Å². The zero-order valence-electron chi connectivity index (χ0n) is 17.8. The predicted octanol–water partition coefficient (Wildman–Crippen LogP) is 6.74. The third-order valence-corrected chi connectivity index (χ3v) is 7.35. The lowest BCUT2D eigenvalue weighted by molar-refractivity contribution is 0.391. The van der Waals surface area contributed by atoms with Gasteiger partial charge in [0.05, 0.1) is 18.5 Å². The maximum Gasteiger partial charge on any atom is 0.234 e. The minimum atomic E-state index is 0.707. The molecule has 0 radical (unpaired) electrons. The molecule has 2 heterocycles. The van der Waals surface area contributed by atoms with Crippen molar-refractivity contribution in [1.82, 2.24) is 14.4 Å². The quantitative estimate of drug-likeness (QED) is 0.318. The van der Waals surface area contributed by atoms with Gasteiger partial charge in [0.1, 0.15) is 5.75 Å². The van der Waals surface area contributed by atoms with Gasteiger partial charge in [-0.1, -0.05) is 31.4 Å². The molecule has 5 heteroatoms. The van der Waals surface area contributed by atoms with Crippen LogP contribution in [-0.4, -0.2) is 27.2 Å². The van der Waals surface area contributed by atoms with Crippen LogP contribution in [0.25, 0.3) is 28.3 Å². The average molecular weight is 430 g/mol. The van der Waals surface area contributed by atoms with E-state index >= 15 is 0 Å². The fourth-order valence-corrected chi connectivity index (χ4v) is 5.48. The number of rotatable bonds is 6. The number of hydrogen-bond acceptors (Lipinski definition) is 4. The van der Waals surface area contributed by atoms with E-state index in [-0.39, 0.29) is 0 Å². The Labute approximate surface area is 187 Å². The van der Waals surface area contributed by atoms with Crippen LogP contribution in [-0.2, 0) is 0 Å². The Morgan fingerprint density at radius 3 is 2.45 bits per heavy atom. The molecule has 0 saturated heterocycles. The van der Waals surface area contributed by atoms with Crippen molar-refractivity contribution in [2.75, 3.05) is 12.9 Å². The Balaban J connectivity index is 1.45. The van der Waals surface area contributed by atoms with Crippen molar-refractivity contribution >= 4 is 17.5 Å². The van der Waals surface area contributed by atoms with Crippen LogP contribution in [0.5, 0.6) is 5.75 Å². The van der Waals surface area contributed by atoms with Gasteiger partial charge < -0.3 is 4.74 Å². The third kappa shape index (κ3) is 4.33. The predicted molar refractivity (Wildman–Crippen MR) is 128 cm³/mol. The summed E-state index contributed by atoms with van der Waals surface area (Å²) in [5, 5.41) is 0. The summed E-state index contributed by atoms with van der Waals surface area (Å²) in [5.41, 5.74) is 4.20. The Morgan fingerprint density at radius 2 is 1.71 bits per heavy atom. The van der Waals surface area contributed by atoms with Crippen molar-refractivity contribution in [2.24, 2.45) is 5.92 Å². The number of methoxy groups -OCH3 is 1. The van der Waals surface area contributed by atoms with Gasteiger partial charge in [-0.05, 0) is 61.2 Å². The molecule has 1 aliphatic carbocycles. The maximum atomic E-state index is 5.32. The Hall–Kier alpha value is -2.79. The molecule has 31 heavy (non-hydrogen) atoms. The van der Waals surface area contributed by atoms with E-state index in [9.17, 15) is 0 Å². The first-order valence-corrected chi connectivity index (χ1v) is 12.0. The Morgan fingerprint density at radius 1 is 0.968 bits per heavy atom. The average Bonchev–Trinajstić information content (AvgIpc) is 3.23. The molecule has 4 aromatic rings. The number of thioether (sulfide) groups is 1. The second kappa shape index (κ2) is 9.15. The first-order chi connectivity index (χ1) is 15.3. The summed E-state index contributed by atoms with van der Waals surface area (Å²) in [7, 11) is 1.68. The number of imidazole rings is 1. The topological polar surface area (TPSA) is 39.4 Å². The van der Waals surface area contributed by atoms with Gasteiger partial charge >= 0.3 is 0 Å². The molecule has 0 atom stereocenters. The third-order valence-electron chi connectivity index (χ3n) is 6.11. The smallest absolute Gasteiger partial charge is 0.234 e. The second-order valence-electron chi connectivity index (χ2n) is 8.17. The first kappa shape index (κ1) is 20.1. The lowest BCUT2D eigenvalue weighted by Gasteiger charge is -2.20. The standard InChI is InChI=1S/C26H27N3OS/c1-30-22-12-8-20(9-13-22)24-25(29-17-5-16-27-26(29)28-24)21-10-14-23(15-11-21)31-18-19-6-3-2-4-7-19/h5,8-17,19H,2-4,6-7,18H2,1H3. The molecular formula is C26H27N3OS. The van der Waals surface area contributed by atoms with Gasteiger partial charge in [0.2, 0.25) is 5.78 Å². The lowest BCUT2D eigenvalue weighted by atomic mass is 9.91. The number of ether oxygens (including phenoxy) is 1. The van der Waals surface area contributed by atoms with Crippen molar-refractivity contribution < 1.29 is 4.74 Å². The monoisotopic (exact) mass is 429 g/mol. The summed E-state index contributed by atoms with van der Waals surface area (Å²) < 4.78 is 7.39. The lowest BCUT2D eigenvalue weighted by Crippen LogP contribution is -2.08. The van der Waals surface area contributed by atoms with E-state index in [0.29, 0.717) is 5.78 Å². The van der Waals surface area contributed by atoms with Gasteiger partial charge in [0.25, 0.3) is 0 Å². The van der Waals surface area contributed by atoms with Crippen molar-refractivity contribution in [2.45, 2.75) is 37.0 Å². The summed E-state index contributed by atoms with van der Waals surface area (Å²) >= 11 is 1.99. The summed E-state index contributed by atoms with van der Waals surface area (Å²) in [6, 6.07) is 18.9. The molecule has 0 unspecified atom stereocenters. The zero-order chi connectivity index (χ0) is 21.0. The summed E-state index contributed by atoms with van der Waals surface area (Å²) in [6.07, 6.45) is 10.8. The molecule has 5 rings (SSSR count). The molecule has 158 valence electrons. The normalized spacial score (nSPS) is 14.7. The van der Waals surface area contributed by atoms with Crippen molar-refractivity contribution in [3.63, 3.8) is 0 Å². The SMILES string of the molecule is COc1ccc(-c2nc3ncccn3c2-c2ccc(SCC3CCCCC3)cc2)cc1. The number of fused-ring (bicyclic) bond motifs is 1. The molecule has 2 aromatic heterocycles. The minimum Gasteiger partial charge on any atom is -0.497 e. The number of hydrogen-bond donors (Lipinski definition) is 0. The molecular weight excluding hydrogens is 402 g/mol. The Kier molecular flexibility index (Phi) is 5.94. The van der Waals surface area contributed by atoms with Crippen LogP contribution in [0.1, 0.15) is 32.1 Å². The Bertz CT molecular complexity index is 1150. The highest BCUT2D eigenvalue weighted by molar-refractivity contribution is 7.99. The van der Waals surface area contributed by atoms with Crippen LogP contribution in [0.4, 0.5) is 0 Å². The molecule has 0 spiro atoms. The van der Waals surface area contributed by atoms with Crippen molar-refractivity contribution in [3.8, 4) is 28.3 Å².